The van der Waals surface area contributed by atoms with Gasteiger partial charge in [-0.2, -0.15) is 0 Å². The second-order valence-corrected chi connectivity index (χ2v) is 6.70. The number of benzene rings is 3. The van der Waals surface area contributed by atoms with E-state index >= 15 is 0 Å². The molecule has 0 N–H and O–H groups in total. The van der Waals surface area contributed by atoms with Crippen molar-refractivity contribution in [3.05, 3.63) is 112 Å². The zero-order valence-corrected chi connectivity index (χ0v) is 15.5. The van der Waals surface area contributed by atoms with E-state index in [1.54, 1.807) is 23.1 Å². The molecule has 0 bridgehead atoms. The Morgan fingerprint density at radius 3 is 2.43 bits per heavy atom. The van der Waals surface area contributed by atoms with E-state index in [4.69, 9.17) is 4.42 Å². The molecule has 1 amide bonds. The maximum atomic E-state index is 13.4. The molecule has 28 heavy (non-hydrogen) atoms. The summed E-state index contributed by atoms with van der Waals surface area (Å²) >= 11 is 0. The van der Waals surface area contributed by atoms with Crippen molar-refractivity contribution in [1.29, 1.82) is 0 Å². The summed E-state index contributed by atoms with van der Waals surface area (Å²) in [7, 11) is 0. The number of carbonyl (C=O) groups is 1. The molecular weight excluding hydrogens is 350 g/mol. The minimum Gasteiger partial charge on any atom is -0.422 e. The van der Waals surface area contributed by atoms with Crippen LogP contribution in [0.2, 0.25) is 0 Å². The van der Waals surface area contributed by atoms with E-state index in [1.165, 1.54) is 0 Å². The quantitative estimate of drug-likeness (QED) is 0.478. The van der Waals surface area contributed by atoms with Crippen LogP contribution in [-0.2, 0) is 6.54 Å². The van der Waals surface area contributed by atoms with Gasteiger partial charge in [0.05, 0.1) is 6.54 Å². The summed E-state index contributed by atoms with van der Waals surface area (Å²) < 4.78 is 5.37. The Bertz CT molecular complexity index is 1200. The number of hydrogen-bond acceptors (Lipinski definition) is 3. The molecule has 0 aliphatic heterocycles. The molecule has 3 aromatic carbocycles. The number of amides is 1. The molecule has 0 radical (unpaired) electrons. The monoisotopic (exact) mass is 369 g/mol. The molecule has 0 fully saturated rings. The minimum atomic E-state index is -0.630. The van der Waals surface area contributed by atoms with Crippen molar-refractivity contribution < 1.29 is 9.21 Å². The van der Waals surface area contributed by atoms with Gasteiger partial charge in [0.25, 0.3) is 5.91 Å². The van der Waals surface area contributed by atoms with Crippen molar-refractivity contribution in [3.63, 3.8) is 0 Å². The molecule has 0 saturated carbocycles. The van der Waals surface area contributed by atoms with Crippen LogP contribution in [-0.4, -0.2) is 5.91 Å². The summed E-state index contributed by atoms with van der Waals surface area (Å²) in [4.78, 5) is 27.5. The Hall–Kier alpha value is -3.66. The van der Waals surface area contributed by atoms with Crippen molar-refractivity contribution in [2.24, 2.45) is 0 Å². The lowest BCUT2D eigenvalue weighted by molar-refractivity contribution is 0.0981. The van der Waals surface area contributed by atoms with Gasteiger partial charge in [0, 0.05) is 11.1 Å². The zero-order chi connectivity index (χ0) is 19.5. The fourth-order valence-electron chi connectivity index (χ4n) is 3.20. The van der Waals surface area contributed by atoms with Crippen LogP contribution in [0.3, 0.4) is 0 Å². The zero-order valence-electron chi connectivity index (χ0n) is 15.5. The third-order valence-corrected chi connectivity index (χ3v) is 4.61. The number of hydrogen-bond donors (Lipinski definition) is 0. The molecule has 0 saturated heterocycles. The largest absolute Gasteiger partial charge is 0.422 e. The van der Waals surface area contributed by atoms with Crippen molar-refractivity contribution in [3.8, 4) is 0 Å². The smallest absolute Gasteiger partial charge is 0.349 e. The Labute approximate surface area is 162 Å². The van der Waals surface area contributed by atoms with E-state index < -0.39 is 5.63 Å². The summed E-state index contributed by atoms with van der Waals surface area (Å²) in [6, 6.07) is 26.2. The highest BCUT2D eigenvalue weighted by Gasteiger charge is 2.22. The van der Waals surface area contributed by atoms with Crippen molar-refractivity contribution in [2.45, 2.75) is 13.5 Å². The first kappa shape index (κ1) is 17.7. The second-order valence-electron chi connectivity index (χ2n) is 6.70. The van der Waals surface area contributed by atoms with E-state index in [0.717, 1.165) is 16.8 Å². The number of carbonyl (C=O) groups excluding carboxylic acids is 1. The Kier molecular flexibility index (Phi) is 4.77. The number of rotatable bonds is 4. The van der Waals surface area contributed by atoms with Crippen LogP contribution in [0.4, 0.5) is 5.69 Å². The molecule has 1 heterocycles. The fraction of sp³-hybridized carbons (Fsp3) is 0.0833. The molecule has 4 aromatic rings. The van der Waals surface area contributed by atoms with Crippen LogP contribution in [0.5, 0.6) is 0 Å². The first-order valence-corrected chi connectivity index (χ1v) is 9.07. The molecule has 138 valence electrons. The highest BCUT2D eigenvalue weighted by molar-refractivity contribution is 6.07. The molecule has 0 spiro atoms. The fourth-order valence-corrected chi connectivity index (χ4v) is 3.20. The third-order valence-electron chi connectivity index (χ3n) is 4.61. The molecule has 1 aromatic heterocycles. The Morgan fingerprint density at radius 1 is 0.893 bits per heavy atom. The Morgan fingerprint density at radius 2 is 1.64 bits per heavy atom. The lowest BCUT2D eigenvalue weighted by atomic mass is 10.1. The number of para-hydroxylation sites is 1. The summed E-state index contributed by atoms with van der Waals surface area (Å²) in [6.07, 6.45) is 0. The standard InChI is InChI=1S/C24H19NO3/c1-17-8-7-12-20(14-17)25(16-18-9-3-2-4-10-18)23(26)21-15-19-11-5-6-13-22(19)28-24(21)27/h2-15H,16H2,1H3. The van der Waals surface area contributed by atoms with Gasteiger partial charge in [-0.05, 0) is 42.3 Å². The summed E-state index contributed by atoms with van der Waals surface area (Å²) in [6.45, 7) is 2.33. The Balaban J connectivity index is 1.80. The van der Waals surface area contributed by atoms with Crippen LogP contribution < -0.4 is 10.5 Å². The highest BCUT2D eigenvalue weighted by atomic mass is 16.4. The normalized spacial score (nSPS) is 10.8. The van der Waals surface area contributed by atoms with Gasteiger partial charge in [0.15, 0.2) is 0 Å². The van der Waals surface area contributed by atoms with E-state index in [2.05, 4.69) is 0 Å². The van der Waals surface area contributed by atoms with E-state index in [9.17, 15) is 9.59 Å². The van der Waals surface area contributed by atoms with Gasteiger partial charge >= 0.3 is 5.63 Å². The average Bonchev–Trinajstić information content (AvgIpc) is 2.72. The summed E-state index contributed by atoms with van der Waals surface area (Å²) in [5.74, 6) is -0.381. The number of fused-ring (bicyclic) bond motifs is 1. The number of aryl methyl sites for hydroxylation is 1. The SMILES string of the molecule is Cc1cccc(N(Cc2ccccc2)C(=O)c2cc3ccccc3oc2=O)c1. The topological polar surface area (TPSA) is 50.5 Å². The molecule has 0 aliphatic carbocycles. The average molecular weight is 369 g/mol. The van der Waals surface area contributed by atoms with E-state index in [1.807, 2.05) is 73.7 Å². The third kappa shape index (κ3) is 3.58. The van der Waals surface area contributed by atoms with E-state index in [0.29, 0.717) is 17.5 Å². The first-order chi connectivity index (χ1) is 13.6. The molecule has 0 atom stereocenters. The van der Waals surface area contributed by atoms with Gasteiger partial charge in [-0.3, -0.25) is 4.79 Å². The maximum Gasteiger partial charge on any atom is 0.349 e. The van der Waals surface area contributed by atoms with Crippen LogP contribution in [0.25, 0.3) is 11.0 Å². The van der Waals surface area contributed by atoms with Crippen LogP contribution in [0.15, 0.2) is 94.1 Å². The second kappa shape index (κ2) is 7.53. The summed E-state index contributed by atoms with van der Waals surface area (Å²) in [5, 5.41) is 0.717. The lowest BCUT2D eigenvalue weighted by Crippen LogP contribution is -2.33. The molecule has 4 heteroatoms. The molecule has 0 unspecified atom stereocenters. The highest BCUT2D eigenvalue weighted by Crippen LogP contribution is 2.22. The minimum absolute atomic E-state index is 0.0242. The van der Waals surface area contributed by atoms with Gasteiger partial charge in [0.1, 0.15) is 11.1 Å². The first-order valence-electron chi connectivity index (χ1n) is 9.07. The molecule has 4 rings (SSSR count). The van der Waals surface area contributed by atoms with Crippen molar-refractivity contribution in [2.75, 3.05) is 4.90 Å². The van der Waals surface area contributed by atoms with Crippen molar-refractivity contribution >= 4 is 22.6 Å². The molecule has 0 aliphatic rings. The predicted molar refractivity (Wildman–Crippen MR) is 111 cm³/mol. The van der Waals surface area contributed by atoms with Crippen LogP contribution >= 0.6 is 0 Å². The van der Waals surface area contributed by atoms with Crippen LogP contribution in [0.1, 0.15) is 21.5 Å². The van der Waals surface area contributed by atoms with Gasteiger partial charge in [-0.15, -0.1) is 0 Å². The summed E-state index contributed by atoms with van der Waals surface area (Å²) in [5.41, 5.74) is 2.61. The molecule has 4 nitrogen and oxygen atoms in total. The van der Waals surface area contributed by atoms with Gasteiger partial charge in [0.2, 0.25) is 0 Å². The van der Waals surface area contributed by atoms with Gasteiger partial charge in [-0.1, -0.05) is 60.7 Å². The number of anilines is 1. The predicted octanol–water partition coefficient (Wildman–Crippen LogP) is 4.95. The van der Waals surface area contributed by atoms with Crippen molar-refractivity contribution in [1.82, 2.24) is 0 Å². The van der Waals surface area contributed by atoms with Gasteiger partial charge < -0.3 is 9.32 Å². The van der Waals surface area contributed by atoms with Gasteiger partial charge in [-0.25, -0.2) is 4.79 Å². The van der Waals surface area contributed by atoms with Crippen LogP contribution in [0, 0.1) is 6.92 Å². The van der Waals surface area contributed by atoms with E-state index in [-0.39, 0.29) is 11.5 Å². The number of nitrogens with zero attached hydrogens (tertiary/aromatic N) is 1. The lowest BCUT2D eigenvalue weighted by Gasteiger charge is -2.23. The maximum absolute atomic E-state index is 13.4. The molecular formula is C24H19NO3.